The molecule has 0 aliphatic heterocycles. The van der Waals surface area contributed by atoms with Gasteiger partial charge in [0.2, 0.25) is 0 Å². The van der Waals surface area contributed by atoms with Crippen LogP contribution in [0.3, 0.4) is 0 Å². The number of hydrogen-bond donors (Lipinski definition) is 3. The first-order valence-electron chi connectivity index (χ1n) is 6.27. The van der Waals surface area contributed by atoms with Crippen molar-refractivity contribution in [1.29, 1.82) is 0 Å². The summed E-state index contributed by atoms with van der Waals surface area (Å²) in [6.45, 7) is 1.88. The number of hydrogen-bond acceptors (Lipinski definition) is 6. The molecule has 0 spiro atoms. The molecule has 1 unspecified atom stereocenters. The highest BCUT2D eigenvalue weighted by Gasteiger charge is 2.19. The Bertz CT molecular complexity index is 561. The Morgan fingerprint density at radius 2 is 2.24 bits per heavy atom. The van der Waals surface area contributed by atoms with E-state index in [1.807, 2.05) is 6.92 Å². The fourth-order valence-electron chi connectivity index (χ4n) is 1.83. The predicted octanol–water partition coefficient (Wildman–Crippen LogP) is 1.14. The maximum atomic E-state index is 11.4. The molecule has 21 heavy (non-hydrogen) atoms. The van der Waals surface area contributed by atoms with E-state index in [2.05, 4.69) is 10.3 Å². The van der Waals surface area contributed by atoms with Crippen molar-refractivity contribution in [2.45, 2.75) is 32.2 Å². The lowest BCUT2D eigenvalue weighted by atomic mass is 10.1. The summed E-state index contributed by atoms with van der Waals surface area (Å²) in [6.07, 6.45) is 2.09. The van der Waals surface area contributed by atoms with Crippen molar-refractivity contribution < 1.29 is 19.6 Å². The second-order valence-corrected chi connectivity index (χ2v) is 4.44. The number of aromatic nitrogens is 1. The van der Waals surface area contributed by atoms with E-state index in [1.165, 1.54) is 0 Å². The average molecular weight is 296 g/mol. The first kappa shape index (κ1) is 16.3. The number of anilines is 1. The number of primary amides is 1. The standard InChI is InChI=1S/C12H16N4O5/c1-2-3-7(4-10(17)18)15-12-9(11(13)19)5-8(6-14-12)16(20)21/h5-7H,2-4H2,1H3,(H2,13,19)(H,14,15)(H,17,18). The van der Waals surface area contributed by atoms with Crippen LogP contribution >= 0.6 is 0 Å². The zero-order valence-electron chi connectivity index (χ0n) is 11.4. The molecule has 0 aromatic carbocycles. The second-order valence-electron chi connectivity index (χ2n) is 4.44. The third-order valence-corrected chi connectivity index (χ3v) is 2.75. The Morgan fingerprint density at radius 3 is 2.71 bits per heavy atom. The molecule has 0 aliphatic carbocycles. The monoisotopic (exact) mass is 296 g/mol. The van der Waals surface area contributed by atoms with Crippen LogP contribution in [0.25, 0.3) is 0 Å². The number of nitrogens with two attached hydrogens (primary N) is 1. The summed E-state index contributed by atoms with van der Waals surface area (Å²) in [7, 11) is 0. The van der Waals surface area contributed by atoms with Crippen LogP contribution < -0.4 is 11.1 Å². The topological polar surface area (TPSA) is 148 Å². The van der Waals surface area contributed by atoms with E-state index in [4.69, 9.17) is 10.8 Å². The Balaban J connectivity index is 3.07. The normalized spacial score (nSPS) is 11.7. The Labute approximate surface area is 120 Å². The number of carbonyl (C=O) groups excluding carboxylic acids is 1. The van der Waals surface area contributed by atoms with Crippen LogP contribution in [0, 0.1) is 10.1 Å². The van der Waals surface area contributed by atoms with Crippen LogP contribution in [0.15, 0.2) is 12.3 Å². The van der Waals surface area contributed by atoms with Crippen LogP contribution in [-0.4, -0.2) is 32.9 Å². The van der Waals surface area contributed by atoms with Gasteiger partial charge in [-0.3, -0.25) is 19.7 Å². The summed E-state index contributed by atoms with van der Waals surface area (Å²) in [4.78, 5) is 35.9. The third-order valence-electron chi connectivity index (χ3n) is 2.75. The smallest absolute Gasteiger partial charge is 0.305 e. The summed E-state index contributed by atoms with van der Waals surface area (Å²) < 4.78 is 0. The lowest BCUT2D eigenvalue weighted by Gasteiger charge is -2.18. The highest BCUT2D eigenvalue weighted by molar-refractivity contribution is 5.98. The van der Waals surface area contributed by atoms with Gasteiger partial charge in [-0.25, -0.2) is 4.98 Å². The third kappa shape index (κ3) is 4.71. The van der Waals surface area contributed by atoms with E-state index in [0.717, 1.165) is 18.7 Å². The molecule has 1 atom stereocenters. The number of nitrogens with one attached hydrogen (secondary N) is 1. The number of nitro groups is 1. The van der Waals surface area contributed by atoms with Crippen LogP contribution in [0.2, 0.25) is 0 Å². The van der Waals surface area contributed by atoms with Crippen molar-refractivity contribution in [3.63, 3.8) is 0 Å². The molecule has 0 radical (unpaired) electrons. The Morgan fingerprint density at radius 1 is 1.57 bits per heavy atom. The van der Waals surface area contributed by atoms with Crippen molar-refractivity contribution >= 4 is 23.4 Å². The highest BCUT2D eigenvalue weighted by atomic mass is 16.6. The van der Waals surface area contributed by atoms with Crippen molar-refractivity contribution in [1.82, 2.24) is 4.98 Å². The van der Waals surface area contributed by atoms with Crippen molar-refractivity contribution in [3.8, 4) is 0 Å². The van der Waals surface area contributed by atoms with E-state index in [0.29, 0.717) is 6.42 Å². The number of carboxylic acids is 1. The summed E-state index contributed by atoms with van der Waals surface area (Å²) in [6, 6.07) is 0.570. The number of aliphatic carboxylic acids is 1. The maximum absolute atomic E-state index is 11.4. The number of amides is 1. The quantitative estimate of drug-likeness (QED) is 0.481. The van der Waals surface area contributed by atoms with Crippen LogP contribution in [-0.2, 0) is 4.79 Å². The van der Waals surface area contributed by atoms with Crippen molar-refractivity contribution in [2.75, 3.05) is 5.32 Å². The first-order chi connectivity index (χ1) is 9.85. The van der Waals surface area contributed by atoms with E-state index >= 15 is 0 Å². The van der Waals surface area contributed by atoms with Gasteiger partial charge >= 0.3 is 5.97 Å². The molecule has 1 aromatic heterocycles. The SMILES string of the molecule is CCCC(CC(=O)O)Nc1ncc([N+](=O)[O-])cc1C(N)=O. The van der Waals surface area contributed by atoms with Crippen molar-refractivity contribution in [3.05, 3.63) is 27.9 Å². The van der Waals surface area contributed by atoms with E-state index < -0.39 is 22.8 Å². The summed E-state index contributed by atoms with van der Waals surface area (Å²) >= 11 is 0. The van der Waals surface area contributed by atoms with Gasteiger partial charge < -0.3 is 16.2 Å². The molecule has 9 nitrogen and oxygen atoms in total. The molecule has 114 valence electrons. The van der Waals surface area contributed by atoms with Gasteiger partial charge in [-0.05, 0) is 6.42 Å². The number of pyridine rings is 1. The molecule has 1 rings (SSSR count). The molecular formula is C12H16N4O5. The number of rotatable bonds is 8. The molecule has 1 aromatic rings. The molecule has 4 N–H and O–H groups in total. The molecule has 1 heterocycles. The molecule has 0 fully saturated rings. The molecule has 1 amide bonds. The van der Waals surface area contributed by atoms with Gasteiger partial charge in [0.05, 0.1) is 16.9 Å². The van der Waals surface area contributed by atoms with Gasteiger partial charge in [0.15, 0.2) is 0 Å². The molecule has 0 saturated carbocycles. The van der Waals surface area contributed by atoms with Crippen molar-refractivity contribution in [2.24, 2.45) is 5.73 Å². The predicted molar refractivity (Wildman–Crippen MR) is 74.0 cm³/mol. The summed E-state index contributed by atoms with van der Waals surface area (Å²) in [5.41, 5.74) is 4.67. The van der Waals surface area contributed by atoms with Crippen LogP contribution in [0.4, 0.5) is 11.5 Å². The van der Waals surface area contributed by atoms with Gasteiger partial charge in [0, 0.05) is 12.1 Å². The molecule has 0 bridgehead atoms. The number of carbonyl (C=O) groups is 2. The second kappa shape index (κ2) is 7.17. The zero-order chi connectivity index (χ0) is 16.0. The fourth-order valence-corrected chi connectivity index (χ4v) is 1.83. The zero-order valence-corrected chi connectivity index (χ0v) is 11.4. The minimum atomic E-state index is -0.997. The van der Waals surface area contributed by atoms with Crippen LogP contribution in [0.1, 0.15) is 36.5 Å². The number of carboxylic acid groups (broad SMARTS) is 1. The molecular weight excluding hydrogens is 280 g/mol. The van der Waals surface area contributed by atoms with E-state index in [1.54, 1.807) is 0 Å². The maximum Gasteiger partial charge on any atom is 0.305 e. The highest BCUT2D eigenvalue weighted by Crippen LogP contribution is 2.20. The van der Waals surface area contributed by atoms with E-state index in [-0.39, 0.29) is 23.5 Å². The van der Waals surface area contributed by atoms with Gasteiger partial charge in [-0.2, -0.15) is 0 Å². The molecule has 0 aliphatic rings. The fraction of sp³-hybridized carbons (Fsp3) is 0.417. The minimum absolute atomic E-state index is 0.0489. The summed E-state index contributed by atoms with van der Waals surface area (Å²) in [5, 5.41) is 22.3. The van der Waals surface area contributed by atoms with Gasteiger partial charge in [-0.1, -0.05) is 13.3 Å². The van der Waals surface area contributed by atoms with Crippen LogP contribution in [0.5, 0.6) is 0 Å². The van der Waals surface area contributed by atoms with Gasteiger partial charge in [-0.15, -0.1) is 0 Å². The molecule has 9 heteroatoms. The van der Waals surface area contributed by atoms with Gasteiger partial charge in [0.1, 0.15) is 12.0 Å². The summed E-state index contributed by atoms with van der Waals surface area (Å²) in [5.74, 6) is -1.82. The van der Waals surface area contributed by atoms with E-state index in [9.17, 15) is 19.7 Å². The Hall–Kier alpha value is -2.71. The lowest BCUT2D eigenvalue weighted by Crippen LogP contribution is -2.26. The average Bonchev–Trinajstić information content (AvgIpc) is 2.38. The minimum Gasteiger partial charge on any atom is -0.481 e. The van der Waals surface area contributed by atoms with Gasteiger partial charge in [0.25, 0.3) is 11.6 Å². The molecule has 0 saturated heterocycles. The first-order valence-corrected chi connectivity index (χ1v) is 6.27. The lowest BCUT2D eigenvalue weighted by molar-refractivity contribution is -0.385. The number of nitrogens with zero attached hydrogens (tertiary/aromatic N) is 2. The largest absolute Gasteiger partial charge is 0.481 e. The Kier molecular flexibility index (Phi) is 5.58.